The molecule has 2 aliphatic rings. The average Bonchev–Trinajstić information content (AvgIpc) is 3.24. The number of rotatable bonds is 6. The van der Waals surface area contributed by atoms with Crippen molar-refractivity contribution in [1.82, 2.24) is 15.1 Å². The van der Waals surface area contributed by atoms with Gasteiger partial charge in [0.25, 0.3) is 0 Å². The Hall–Kier alpha value is -2.93. The normalized spacial score (nSPS) is 16.0. The topological polar surface area (TPSA) is 63.3 Å². The van der Waals surface area contributed by atoms with Crippen LogP contribution in [0.2, 0.25) is 0 Å². The van der Waals surface area contributed by atoms with Crippen LogP contribution in [-0.2, 0) is 13.0 Å². The molecule has 0 aromatic heterocycles. The van der Waals surface area contributed by atoms with Crippen molar-refractivity contribution in [2.45, 2.75) is 13.0 Å². The van der Waals surface area contributed by atoms with Crippen LogP contribution in [0.3, 0.4) is 0 Å². The summed E-state index contributed by atoms with van der Waals surface area (Å²) in [6, 6.07) is 13.9. The first-order valence-corrected chi connectivity index (χ1v) is 9.98. The quantitative estimate of drug-likeness (QED) is 0.812. The Morgan fingerprint density at radius 1 is 1.07 bits per heavy atom. The first kappa shape index (κ1) is 19.4. The third-order valence-electron chi connectivity index (χ3n) is 5.43. The Morgan fingerprint density at radius 3 is 2.69 bits per heavy atom. The van der Waals surface area contributed by atoms with E-state index in [9.17, 15) is 4.79 Å². The third kappa shape index (κ3) is 4.74. The minimum atomic E-state index is -0.0213. The van der Waals surface area contributed by atoms with Crippen LogP contribution >= 0.6 is 0 Å². The Balaban J connectivity index is 1.20. The van der Waals surface area contributed by atoms with E-state index < -0.39 is 0 Å². The van der Waals surface area contributed by atoms with E-state index in [1.807, 2.05) is 41.3 Å². The number of urea groups is 1. The van der Waals surface area contributed by atoms with E-state index in [2.05, 4.69) is 16.3 Å². The summed E-state index contributed by atoms with van der Waals surface area (Å²) in [4.78, 5) is 16.8. The molecule has 0 bridgehead atoms. The molecule has 2 aromatic carbocycles. The van der Waals surface area contributed by atoms with Gasteiger partial charge >= 0.3 is 6.03 Å². The van der Waals surface area contributed by atoms with Crippen LogP contribution < -0.4 is 19.5 Å². The van der Waals surface area contributed by atoms with Crippen LogP contribution in [0, 0.1) is 0 Å². The summed E-state index contributed by atoms with van der Waals surface area (Å²) < 4.78 is 16.1. The summed E-state index contributed by atoms with van der Waals surface area (Å²) in [5, 5.41) is 3.00. The lowest BCUT2D eigenvalue weighted by atomic mass is 10.1. The number of piperazine rings is 1. The maximum Gasteiger partial charge on any atom is 0.317 e. The smallest absolute Gasteiger partial charge is 0.317 e. The fourth-order valence-electron chi connectivity index (χ4n) is 3.70. The van der Waals surface area contributed by atoms with Crippen molar-refractivity contribution in [3.05, 3.63) is 53.6 Å². The Kier molecular flexibility index (Phi) is 6.05. The molecule has 29 heavy (non-hydrogen) atoms. The van der Waals surface area contributed by atoms with Crippen molar-refractivity contribution in [2.75, 3.05) is 46.6 Å². The number of carbonyl (C=O) groups excluding carboxylic acids is 1. The highest BCUT2D eigenvalue weighted by molar-refractivity contribution is 5.74. The molecule has 0 saturated carbocycles. The number of hydrogen-bond acceptors (Lipinski definition) is 5. The largest absolute Gasteiger partial charge is 0.496 e. The fourth-order valence-corrected chi connectivity index (χ4v) is 3.70. The number of methoxy groups -OCH3 is 1. The zero-order valence-corrected chi connectivity index (χ0v) is 16.7. The summed E-state index contributed by atoms with van der Waals surface area (Å²) in [6.45, 7) is 4.93. The van der Waals surface area contributed by atoms with Crippen molar-refractivity contribution >= 4 is 6.03 Å². The van der Waals surface area contributed by atoms with Crippen LogP contribution in [0.5, 0.6) is 17.2 Å². The molecule has 0 aliphatic carbocycles. The predicted molar refractivity (Wildman–Crippen MR) is 110 cm³/mol. The number of ether oxygens (including phenoxy) is 3. The number of nitrogens with one attached hydrogen (secondary N) is 1. The molecule has 154 valence electrons. The summed E-state index contributed by atoms with van der Waals surface area (Å²) in [7, 11) is 1.71. The number of carbonyl (C=O) groups is 1. The van der Waals surface area contributed by atoms with Gasteiger partial charge in [-0.25, -0.2) is 4.79 Å². The first-order valence-electron chi connectivity index (χ1n) is 9.98. The lowest BCUT2D eigenvalue weighted by Gasteiger charge is -2.34. The number of amides is 2. The van der Waals surface area contributed by atoms with Crippen molar-refractivity contribution in [1.29, 1.82) is 0 Å². The van der Waals surface area contributed by atoms with Gasteiger partial charge in [0, 0.05) is 39.3 Å². The van der Waals surface area contributed by atoms with Gasteiger partial charge in [-0.05, 0) is 35.7 Å². The molecule has 7 heteroatoms. The van der Waals surface area contributed by atoms with Gasteiger partial charge in [0.15, 0.2) is 11.5 Å². The van der Waals surface area contributed by atoms with Crippen molar-refractivity contribution in [3.63, 3.8) is 0 Å². The number of nitrogens with zero attached hydrogens (tertiary/aromatic N) is 2. The lowest BCUT2D eigenvalue weighted by molar-refractivity contribution is 0.139. The predicted octanol–water partition coefficient (Wildman–Crippen LogP) is 2.49. The molecule has 1 fully saturated rings. The number of hydrogen-bond donors (Lipinski definition) is 1. The number of para-hydroxylation sites is 1. The maximum absolute atomic E-state index is 12.5. The molecule has 0 atom stereocenters. The second kappa shape index (κ2) is 9.05. The minimum Gasteiger partial charge on any atom is -0.496 e. The summed E-state index contributed by atoms with van der Waals surface area (Å²) in [5.74, 6) is 2.43. The van der Waals surface area contributed by atoms with Gasteiger partial charge in [0.1, 0.15) is 5.75 Å². The molecular formula is C22H27N3O4. The molecule has 2 aliphatic heterocycles. The summed E-state index contributed by atoms with van der Waals surface area (Å²) in [6.07, 6.45) is 0.945. The van der Waals surface area contributed by atoms with Gasteiger partial charge in [-0.1, -0.05) is 24.3 Å². The highest BCUT2D eigenvalue weighted by Gasteiger charge is 2.21. The molecule has 7 nitrogen and oxygen atoms in total. The molecule has 2 aromatic rings. The maximum atomic E-state index is 12.5. The Bertz CT molecular complexity index is 850. The van der Waals surface area contributed by atoms with Gasteiger partial charge in [0.05, 0.1) is 7.11 Å². The summed E-state index contributed by atoms with van der Waals surface area (Å²) in [5.41, 5.74) is 2.22. The van der Waals surface area contributed by atoms with Crippen molar-refractivity contribution in [3.8, 4) is 17.2 Å². The first-order chi connectivity index (χ1) is 14.2. The molecule has 1 N–H and O–H groups in total. The molecule has 0 radical (unpaired) electrons. The van der Waals surface area contributed by atoms with Crippen LogP contribution in [0.25, 0.3) is 0 Å². The van der Waals surface area contributed by atoms with E-state index >= 15 is 0 Å². The van der Waals surface area contributed by atoms with Crippen LogP contribution in [-0.4, -0.2) is 62.5 Å². The van der Waals surface area contributed by atoms with Gasteiger partial charge in [-0.3, -0.25) is 4.90 Å². The number of fused-ring (bicyclic) bond motifs is 1. The van der Waals surface area contributed by atoms with Crippen LogP contribution in [0.4, 0.5) is 4.79 Å². The Labute approximate surface area is 171 Å². The van der Waals surface area contributed by atoms with E-state index in [1.165, 1.54) is 5.56 Å². The highest BCUT2D eigenvalue weighted by atomic mass is 16.7. The van der Waals surface area contributed by atoms with E-state index in [-0.39, 0.29) is 12.8 Å². The van der Waals surface area contributed by atoms with E-state index in [1.54, 1.807) is 7.11 Å². The summed E-state index contributed by atoms with van der Waals surface area (Å²) >= 11 is 0. The van der Waals surface area contributed by atoms with Crippen LogP contribution in [0.15, 0.2) is 42.5 Å². The van der Waals surface area contributed by atoms with E-state index in [0.717, 1.165) is 62.0 Å². The minimum absolute atomic E-state index is 0.0213. The zero-order valence-electron chi connectivity index (χ0n) is 16.7. The highest BCUT2D eigenvalue weighted by Crippen LogP contribution is 2.32. The second-order valence-electron chi connectivity index (χ2n) is 7.24. The number of benzene rings is 2. The molecule has 1 saturated heterocycles. The molecular weight excluding hydrogens is 370 g/mol. The molecule has 0 unspecified atom stereocenters. The molecule has 2 heterocycles. The Morgan fingerprint density at radius 2 is 1.86 bits per heavy atom. The van der Waals surface area contributed by atoms with Gasteiger partial charge < -0.3 is 24.4 Å². The molecule has 4 rings (SSSR count). The monoisotopic (exact) mass is 397 g/mol. The van der Waals surface area contributed by atoms with Gasteiger partial charge in [-0.2, -0.15) is 0 Å². The van der Waals surface area contributed by atoms with E-state index in [0.29, 0.717) is 6.54 Å². The fraction of sp³-hybridized carbons (Fsp3) is 0.409. The van der Waals surface area contributed by atoms with Crippen LogP contribution in [0.1, 0.15) is 11.1 Å². The van der Waals surface area contributed by atoms with Crippen molar-refractivity contribution < 1.29 is 19.0 Å². The second-order valence-corrected chi connectivity index (χ2v) is 7.24. The lowest BCUT2D eigenvalue weighted by Crippen LogP contribution is -2.51. The van der Waals surface area contributed by atoms with E-state index in [4.69, 9.17) is 14.2 Å². The zero-order chi connectivity index (χ0) is 20.1. The van der Waals surface area contributed by atoms with Gasteiger partial charge in [-0.15, -0.1) is 0 Å². The van der Waals surface area contributed by atoms with Gasteiger partial charge in [0.2, 0.25) is 6.79 Å². The molecule has 2 amide bonds. The van der Waals surface area contributed by atoms with Crippen molar-refractivity contribution in [2.24, 2.45) is 0 Å². The SMILES string of the molecule is COc1ccccc1CCN1CCN(C(=O)NCc2ccc3c(c2)OCO3)CC1. The third-order valence-corrected chi connectivity index (χ3v) is 5.43. The molecule has 0 spiro atoms. The average molecular weight is 397 g/mol. The standard InChI is InChI=1S/C22H27N3O4/c1-27-19-5-3-2-4-18(19)8-9-24-10-12-25(13-11-24)22(26)23-15-17-6-7-20-21(14-17)29-16-28-20/h2-7,14H,8-13,15-16H2,1H3,(H,23,26).